The van der Waals surface area contributed by atoms with E-state index < -0.39 is 12.1 Å². The third-order valence-electron chi connectivity index (χ3n) is 18.2. The van der Waals surface area contributed by atoms with Gasteiger partial charge in [0.1, 0.15) is 0 Å². The number of ether oxygens (including phenoxy) is 1. The van der Waals surface area contributed by atoms with Crippen LogP contribution in [0.25, 0.3) is 0 Å². The minimum Gasteiger partial charge on any atom is -0.466 e. The first-order chi connectivity index (χ1) is 40.0. The van der Waals surface area contributed by atoms with E-state index in [1.54, 1.807) is 0 Å². The molecule has 0 aliphatic heterocycles. The van der Waals surface area contributed by atoms with Gasteiger partial charge in [0.05, 0.1) is 25.4 Å². The van der Waals surface area contributed by atoms with Crippen LogP contribution in [0.3, 0.4) is 0 Å². The zero-order valence-corrected chi connectivity index (χ0v) is 55.6. The van der Waals surface area contributed by atoms with Crippen molar-refractivity contribution >= 4 is 11.9 Å². The summed E-state index contributed by atoms with van der Waals surface area (Å²) in [6, 6.07) is -0.535. The molecular weight excluding hydrogens is 995 g/mol. The summed E-state index contributed by atoms with van der Waals surface area (Å²) < 4.78 is 5.48. The number of hydrogen-bond donors (Lipinski definition) is 3. The van der Waals surface area contributed by atoms with Gasteiger partial charge in [0.2, 0.25) is 5.91 Å². The highest BCUT2D eigenvalue weighted by atomic mass is 16.5. The van der Waals surface area contributed by atoms with Gasteiger partial charge in [-0.15, -0.1) is 0 Å². The molecule has 6 nitrogen and oxygen atoms in total. The van der Waals surface area contributed by atoms with Crippen LogP contribution in [-0.4, -0.2) is 47.4 Å². The standard InChI is InChI=1S/C75H149NO5/c1-3-5-7-9-11-13-15-16-44-48-51-55-59-63-67-73(78)72(71-77)76-74(79)68-64-60-56-52-49-45-42-40-38-36-34-32-30-28-26-24-22-20-18-17-19-21-23-25-27-29-31-33-35-37-39-41-43-46-50-54-58-62-66-70-81-75(80)69-65-61-57-53-47-14-12-10-8-6-4-2/h72-73,77-78H,3-71H2,1-2H3,(H,76,79). The van der Waals surface area contributed by atoms with E-state index in [9.17, 15) is 19.8 Å². The van der Waals surface area contributed by atoms with Crippen molar-refractivity contribution < 1.29 is 24.5 Å². The molecule has 2 atom stereocenters. The van der Waals surface area contributed by atoms with E-state index in [0.717, 1.165) is 38.5 Å². The number of aliphatic hydroxyl groups excluding tert-OH is 2. The van der Waals surface area contributed by atoms with Crippen LogP contribution in [0.1, 0.15) is 444 Å². The molecule has 0 aromatic heterocycles. The van der Waals surface area contributed by atoms with Crippen molar-refractivity contribution in [2.24, 2.45) is 0 Å². The van der Waals surface area contributed by atoms with Crippen LogP contribution in [0.2, 0.25) is 0 Å². The number of aliphatic hydroxyl groups is 2. The number of unbranched alkanes of at least 4 members (excludes halogenated alkanes) is 61. The lowest BCUT2D eigenvalue weighted by molar-refractivity contribution is -0.143. The van der Waals surface area contributed by atoms with Crippen molar-refractivity contribution in [3.8, 4) is 0 Å². The largest absolute Gasteiger partial charge is 0.466 e. The van der Waals surface area contributed by atoms with Crippen LogP contribution in [0.5, 0.6) is 0 Å². The lowest BCUT2D eigenvalue weighted by Crippen LogP contribution is -2.45. The number of esters is 1. The van der Waals surface area contributed by atoms with Gasteiger partial charge in [-0.3, -0.25) is 9.59 Å². The van der Waals surface area contributed by atoms with Gasteiger partial charge < -0.3 is 20.3 Å². The molecule has 2 unspecified atom stereocenters. The highest BCUT2D eigenvalue weighted by molar-refractivity contribution is 5.76. The molecule has 0 saturated carbocycles. The Labute approximate surface area is 508 Å². The molecule has 0 radical (unpaired) electrons. The summed E-state index contributed by atoms with van der Waals surface area (Å²) in [5.74, 6) is -0.000461. The van der Waals surface area contributed by atoms with Crippen molar-refractivity contribution in [2.75, 3.05) is 13.2 Å². The third-order valence-corrected chi connectivity index (χ3v) is 18.2. The van der Waals surface area contributed by atoms with Gasteiger partial charge in [0.25, 0.3) is 0 Å². The Morgan fingerprint density at radius 2 is 0.506 bits per heavy atom. The average Bonchev–Trinajstić information content (AvgIpc) is 3.47. The molecule has 0 saturated heterocycles. The maximum atomic E-state index is 12.5. The minimum atomic E-state index is -0.658. The third kappa shape index (κ3) is 67.9. The number of nitrogens with one attached hydrogen (secondary N) is 1. The lowest BCUT2D eigenvalue weighted by atomic mass is 10.0. The van der Waals surface area contributed by atoms with E-state index in [1.165, 1.54) is 372 Å². The van der Waals surface area contributed by atoms with E-state index in [1.807, 2.05) is 0 Å². The van der Waals surface area contributed by atoms with Gasteiger partial charge in [-0.05, 0) is 25.7 Å². The maximum absolute atomic E-state index is 12.5. The summed E-state index contributed by atoms with van der Waals surface area (Å²) in [5.41, 5.74) is 0. The van der Waals surface area contributed by atoms with Crippen LogP contribution in [0.15, 0.2) is 0 Å². The summed E-state index contributed by atoms with van der Waals surface area (Å²) in [6.45, 7) is 5.00. The SMILES string of the molecule is CCCCCCCCCCCCCCCCC(O)C(CO)NC(=O)CCCCCCCCCCCCCCCCCCCCCCCCCCCCCCCCCCCCCCCCCOC(=O)CCCCCCCCCCCCC. The predicted octanol–water partition coefficient (Wildman–Crippen LogP) is 24.5. The molecule has 0 aromatic rings. The second kappa shape index (κ2) is 71.3. The van der Waals surface area contributed by atoms with Gasteiger partial charge in [0, 0.05) is 12.8 Å². The van der Waals surface area contributed by atoms with Crippen molar-refractivity contribution in [1.29, 1.82) is 0 Å². The topological polar surface area (TPSA) is 95.9 Å². The molecule has 0 rings (SSSR count). The smallest absolute Gasteiger partial charge is 0.305 e. The van der Waals surface area contributed by atoms with E-state index in [0.29, 0.717) is 25.9 Å². The molecular formula is C75H149NO5. The van der Waals surface area contributed by atoms with Crippen LogP contribution in [-0.2, 0) is 14.3 Å². The van der Waals surface area contributed by atoms with Crippen molar-refractivity contribution in [1.82, 2.24) is 5.32 Å². The fraction of sp³-hybridized carbons (Fsp3) is 0.973. The predicted molar refractivity (Wildman–Crippen MR) is 357 cm³/mol. The number of carbonyl (C=O) groups is 2. The van der Waals surface area contributed by atoms with Crippen LogP contribution in [0.4, 0.5) is 0 Å². The van der Waals surface area contributed by atoms with E-state index in [4.69, 9.17) is 4.74 Å². The summed E-state index contributed by atoms with van der Waals surface area (Å²) in [4.78, 5) is 24.5. The Morgan fingerprint density at radius 1 is 0.296 bits per heavy atom. The zero-order valence-electron chi connectivity index (χ0n) is 55.6. The highest BCUT2D eigenvalue weighted by Gasteiger charge is 2.20. The van der Waals surface area contributed by atoms with Gasteiger partial charge in [-0.25, -0.2) is 0 Å². The normalized spacial score (nSPS) is 12.4. The van der Waals surface area contributed by atoms with Crippen molar-refractivity contribution in [3.63, 3.8) is 0 Å². The van der Waals surface area contributed by atoms with Crippen molar-refractivity contribution in [3.05, 3.63) is 0 Å². The summed E-state index contributed by atoms with van der Waals surface area (Å²) >= 11 is 0. The van der Waals surface area contributed by atoms with Crippen LogP contribution in [0, 0.1) is 0 Å². The average molecular weight is 1150 g/mol. The van der Waals surface area contributed by atoms with Gasteiger partial charge in [-0.1, -0.05) is 406 Å². The summed E-state index contributed by atoms with van der Waals surface area (Å²) in [7, 11) is 0. The molecule has 1 amide bonds. The Hall–Kier alpha value is -1.14. The second-order valence-electron chi connectivity index (χ2n) is 26.4. The first-order valence-corrected chi connectivity index (χ1v) is 37.8. The van der Waals surface area contributed by atoms with E-state index in [-0.39, 0.29) is 18.5 Å². The molecule has 484 valence electrons. The molecule has 81 heavy (non-hydrogen) atoms. The molecule has 0 aromatic carbocycles. The number of hydrogen-bond acceptors (Lipinski definition) is 5. The number of carbonyl (C=O) groups excluding carboxylic acids is 2. The van der Waals surface area contributed by atoms with E-state index in [2.05, 4.69) is 19.2 Å². The molecule has 0 spiro atoms. The van der Waals surface area contributed by atoms with Crippen LogP contribution < -0.4 is 5.32 Å². The molecule has 0 fully saturated rings. The molecule has 0 aliphatic rings. The Bertz CT molecular complexity index is 1180. The summed E-state index contributed by atoms with van der Waals surface area (Å²) in [5, 5.41) is 23.3. The Balaban J connectivity index is 3.27. The van der Waals surface area contributed by atoms with Gasteiger partial charge >= 0.3 is 5.97 Å². The first kappa shape index (κ1) is 79.9. The van der Waals surface area contributed by atoms with Gasteiger partial charge in [0.15, 0.2) is 0 Å². The molecule has 0 bridgehead atoms. The monoisotopic (exact) mass is 1140 g/mol. The molecule has 0 heterocycles. The lowest BCUT2D eigenvalue weighted by Gasteiger charge is -2.22. The minimum absolute atomic E-state index is 0.0248. The fourth-order valence-electron chi connectivity index (χ4n) is 12.4. The summed E-state index contributed by atoms with van der Waals surface area (Å²) in [6.07, 6.45) is 87.7. The zero-order chi connectivity index (χ0) is 58.5. The Kier molecular flexibility index (Phi) is 70.3. The van der Waals surface area contributed by atoms with Crippen molar-refractivity contribution in [2.45, 2.75) is 456 Å². The molecule has 0 aliphatic carbocycles. The van der Waals surface area contributed by atoms with Crippen LogP contribution >= 0.6 is 0 Å². The number of amides is 1. The highest BCUT2D eigenvalue weighted by Crippen LogP contribution is 2.20. The van der Waals surface area contributed by atoms with Gasteiger partial charge in [-0.2, -0.15) is 0 Å². The second-order valence-corrected chi connectivity index (χ2v) is 26.4. The fourth-order valence-corrected chi connectivity index (χ4v) is 12.4. The Morgan fingerprint density at radius 3 is 0.753 bits per heavy atom. The quantitative estimate of drug-likeness (QED) is 0.0417. The number of rotatable bonds is 72. The van der Waals surface area contributed by atoms with E-state index >= 15 is 0 Å². The molecule has 6 heteroatoms. The molecule has 3 N–H and O–H groups in total. The first-order valence-electron chi connectivity index (χ1n) is 37.8. The maximum Gasteiger partial charge on any atom is 0.305 e.